The first-order chi connectivity index (χ1) is 13.4. The molecular weight excluding hydrogens is 419 g/mol. The second-order valence-electron chi connectivity index (χ2n) is 8.77. The van der Waals surface area contributed by atoms with Gasteiger partial charge in [-0.1, -0.05) is 69.3 Å². The third-order valence-corrected chi connectivity index (χ3v) is 5.31. The predicted octanol–water partition coefficient (Wildman–Crippen LogP) is 4.39. The SMILES string of the molecule is CC(C)(C)c1ccccc1OCC(O)CN1CCN(Cc2ccccc2)CC1.Cl.Cl. The minimum absolute atomic E-state index is 0. The Morgan fingerprint density at radius 3 is 2.07 bits per heavy atom. The van der Waals surface area contributed by atoms with Crippen molar-refractivity contribution >= 4 is 24.8 Å². The number of aliphatic hydroxyl groups is 1. The molecular formula is C24H36Cl2N2O2. The first kappa shape index (κ1) is 26.7. The molecule has 0 radical (unpaired) electrons. The van der Waals surface area contributed by atoms with Crippen LogP contribution in [-0.2, 0) is 12.0 Å². The largest absolute Gasteiger partial charge is 0.491 e. The molecule has 1 heterocycles. The van der Waals surface area contributed by atoms with Gasteiger partial charge in [0, 0.05) is 39.3 Å². The molecule has 1 atom stereocenters. The lowest BCUT2D eigenvalue weighted by Gasteiger charge is -2.35. The van der Waals surface area contributed by atoms with Crippen molar-refractivity contribution in [2.75, 3.05) is 39.3 Å². The Hall–Kier alpha value is -1.30. The maximum absolute atomic E-state index is 10.5. The lowest BCUT2D eigenvalue weighted by molar-refractivity contribution is 0.0442. The Morgan fingerprint density at radius 2 is 1.43 bits per heavy atom. The van der Waals surface area contributed by atoms with E-state index in [1.165, 1.54) is 11.1 Å². The van der Waals surface area contributed by atoms with Gasteiger partial charge in [-0.2, -0.15) is 0 Å². The second kappa shape index (κ2) is 12.5. The summed E-state index contributed by atoms with van der Waals surface area (Å²) in [7, 11) is 0. The van der Waals surface area contributed by atoms with Crippen LogP contribution in [0.1, 0.15) is 31.9 Å². The molecule has 2 aromatic carbocycles. The van der Waals surface area contributed by atoms with Crippen molar-refractivity contribution in [3.8, 4) is 5.75 Å². The Kier molecular flexibility index (Phi) is 11.2. The summed E-state index contributed by atoms with van der Waals surface area (Å²) in [6.45, 7) is 12.6. The molecule has 6 heteroatoms. The Balaban J connectivity index is 0.00000225. The highest BCUT2D eigenvalue weighted by atomic mass is 35.5. The fourth-order valence-electron chi connectivity index (χ4n) is 3.72. The summed E-state index contributed by atoms with van der Waals surface area (Å²) in [5.74, 6) is 0.877. The monoisotopic (exact) mass is 454 g/mol. The number of hydrogen-bond acceptors (Lipinski definition) is 4. The van der Waals surface area contributed by atoms with E-state index >= 15 is 0 Å². The summed E-state index contributed by atoms with van der Waals surface area (Å²) in [5, 5.41) is 10.5. The van der Waals surface area contributed by atoms with Crippen LogP contribution in [0.15, 0.2) is 54.6 Å². The van der Waals surface area contributed by atoms with E-state index in [9.17, 15) is 5.11 Å². The number of aliphatic hydroxyl groups excluding tert-OH is 1. The van der Waals surface area contributed by atoms with Gasteiger partial charge >= 0.3 is 0 Å². The van der Waals surface area contributed by atoms with Crippen LogP contribution in [0.3, 0.4) is 0 Å². The van der Waals surface area contributed by atoms with Gasteiger partial charge in [0.25, 0.3) is 0 Å². The normalized spacial score (nSPS) is 16.3. The van der Waals surface area contributed by atoms with Gasteiger partial charge in [-0.3, -0.25) is 9.80 Å². The molecule has 1 aliphatic heterocycles. The smallest absolute Gasteiger partial charge is 0.123 e. The highest BCUT2D eigenvalue weighted by Crippen LogP contribution is 2.31. The molecule has 0 spiro atoms. The molecule has 3 rings (SSSR count). The highest BCUT2D eigenvalue weighted by Gasteiger charge is 2.21. The van der Waals surface area contributed by atoms with Gasteiger partial charge in [-0.05, 0) is 22.6 Å². The van der Waals surface area contributed by atoms with Crippen LogP contribution in [0.4, 0.5) is 0 Å². The summed E-state index contributed by atoms with van der Waals surface area (Å²) >= 11 is 0. The van der Waals surface area contributed by atoms with Crippen LogP contribution in [0.2, 0.25) is 0 Å². The van der Waals surface area contributed by atoms with Crippen molar-refractivity contribution in [1.29, 1.82) is 0 Å². The highest BCUT2D eigenvalue weighted by molar-refractivity contribution is 5.85. The van der Waals surface area contributed by atoms with Gasteiger partial charge < -0.3 is 9.84 Å². The van der Waals surface area contributed by atoms with E-state index < -0.39 is 6.10 Å². The molecule has 1 saturated heterocycles. The van der Waals surface area contributed by atoms with Crippen molar-refractivity contribution in [1.82, 2.24) is 9.80 Å². The van der Waals surface area contributed by atoms with E-state index in [-0.39, 0.29) is 30.2 Å². The van der Waals surface area contributed by atoms with Crippen molar-refractivity contribution in [2.45, 2.75) is 38.8 Å². The van der Waals surface area contributed by atoms with E-state index in [2.05, 4.69) is 67.0 Å². The third-order valence-electron chi connectivity index (χ3n) is 5.31. The first-order valence-electron chi connectivity index (χ1n) is 10.3. The lowest BCUT2D eigenvalue weighted by Crippen LogP contribution is -2.48. The number of benzene rings is 2. The Labute approximate surface area is 194 Å². The summed E-state index contributed by atoms with van der Waals surface area (Å²) in [6, 6.07) is 18.8. The molecule has 1 fully saturated rings. The molecule has 0 bridgehead atoms. The van der Waals surface area contributed by atoms with Gasteiger partial charge in [-0.15, -0.1) is 24.8 Å². The molecule has 0 amide bonds. The zero-order valence-corrected chi connectivity index (χ0v) is 19.9. The predicted molar refractivity (Wildman–Crippen MR) is 129 cm³/mol. The van der Waals surface area contributed by atoms with Crippen LogP contribution in [0, 0.1) is 0 Å². The fraction of sp³-hybridized carbons (Fsp3) is 0.500. The molecule has 1 N–H and O–H groups in total. The lowest BCUT2D eigenvalue weighted by atomic mass is 9.86. The van der Waals surface area contributed by atoms with Crippen molar-refractivity contribution in [3.63, 3.8) is 0 Å². The van der Waals surface area contributed by atoms with Crippen LogP contribution in [-0.4, -0.2) is 60.3 Å². The number of rotatable bonds is 7. The average molecular weight is 455 g/mol. The molecule has 0 saturated carbocycles. The van der Waals surface area contributed by atoms with E-state index in [0.29, 0.717) is 13.2 Å². The fourth-order valence-corrected chi connectivity index (χ4v) is 3.72. The third kappa shape index (κ3) is 8.09. The molecule has 1 unspecified atom stereocenters. The first-order valence-corrected chi connectivity index (χ1v) is 10.3. The second-order valence-corrected chi connectivity index (χ2v) is 8.77. The zero-order chi connectivity index (χ0) is 20.0. The van der Waals surface area contributed by atoms with E-state index in [1.807, 2.05) is 18.2 Å². The van der Waals surface area contributed by atoms with E-state index in [4.69, 9.17) is 4.74 Å². The van der Waals surface area contributed by atoms with Gasteiger partial charge in [0.05, 0.1) is 0 Å². The number of para-hydroxylation sites is 1. The standard InChI is InChI=1S/C24H34N2O2.2ClH/c1-24(2,3)22-11-7-8-12-23(22)28-19-21(27)18-26-15-13-25(14-16-26)17-20-9-5-4-6-10-20;;/h4-12,21,27H,13-19H2,1-3H3;2*1H. The van der Waals surface area contributed by atoms with E-state index in [0.717, 1.165) is 38.5 Å². The number of ether oxygens (including phenoxy) is 1. The average Bonchev–Trinajstić information content (AvgIpc) is 2.68. The van der Waals surface area contributed by atoms with Gasteiger partial charge in [0.15, 0.2) is 0 Å². The number of halogens is 2. The van der Waals surface area contributed by atoms with Gasteiger partial charge in [0.2, 0.25) is 0 Å². The van der Waals surface area contributed by atoms with Crippen molar-refractivity contribution < 1.29 is 9.84 Å². The van der Waals surface area contributed by atoms with Crippen molar-refractivity contribution in [2.24, 2.45) is 0 Å². The molecule has 30 heavy (non-hydrogen) atoms. The minimum atomic E-state index is -0.478. The maximum Gasteiger partial charge on any atom is 0.123 e. The van der Waals surface area contributed by atoms with E-state index in [1.54, 1.807) is 0 Å². The number of nitrogens with zero attached hydrogens (tertiary/aromatic N) is 2. The number of hydrogen-bond donors (Lipinski definition) is 1. The van der Waals surface area contributed by atoms with Crippen LogP contribution in [0.5, 0.6) is 5.75 Å². The van der Waals surface area contributed by atoms with Gasteiger partial charge in [0.1, 0.15) is 18.5 Å². The molecule has 0 aliphatic carbocycles. The number of piperazine rings is 1. The molecule has 0 aromatic heterocycles. The summed E-state index contributed by atoms with van der Waals surface area (Å²) < 4.78 is 5.98. The topological polar surface area (TPSA) is 35.9 Å². The van der Waals surface area contributed by atoms with Crippen LogP contribution in [0.25, 0.3) is 0 Å². The molecule has 1 aliphatic rings. The summed E-state index contributed by atoms with van der Waals surface area (Å²) in [5.41, 5.74) is 2.56. The zero-order valence-electron chi connectivity index (χ0n) is 18.3. The van der Waals surface area contributed by atoms with Gasteiger partial charge in [-0.25, -0.2) is 0 Å². The quantitative estimate of drug-likeness (QED) is 0.672. The summed E-state index contributed by atoms with van der Waals surface area (Å²) in [6.07, 6.45) is -0.478. The Bertz CT molecular complexity index is 729. The molecule has 4 nitrogen and oxygen atoms in total. The number of β-amino-alcohol motifs (C(OH)–C–C–N with tert-alkyl or cyclic N) is 1. The summed E-state index contributed by atoms with van der Waals surface area (Å²) in [4.78, 5) is 4.82. The Morgan fingerprint density at radius 1 is 0.867 bits per heavy atom. The van der Waals surface area contributed by atoms with Crippen LogP contribution < -0.4 is 4.74 Å². The van der Waals surface area contributed by atoms with Crippen molar-refractivity contribution in [3.05, 3.63) is 65.7 Å². The van der Waals surface area contributed by atoms with Crippen LogP contribution >= 0.6 is 24.8 Å². The molecule has 168 valence electrons. The minimum Gasteiger partial charge on any atom is -0.491 e. The maximum atomic E-state index is 10.5. The molecule has 2 aromatic rings.